The Kier molecular flexibility index (Phi) is 4.14. The van der Waals surface area contributed by atoms with E-state index in [2.05, 4.69) is 14.7 Å². The van der Waals surface area contributed by atoms with Gasteiger partial charge in [-0.1, -0.05) is 30.3 Å². The molecule has 0 saturated heterocycles. The van der Waals surface area contributed by atoms with Crippen molar-refractivity contribution in [2.24, 2.45) is 0 Å². The summed E-state index contributed by atoms with van der Waals surface area (Å²) in [5.41, 5.74) is 0.876. The summed E-state index contributed by atoms with van der Waals surface area (Å²) in [5.74, 6) is 0. The number of aromatic nitrogens is 2. The number of nitrogens with one attached hydrogen (secondary N) is 1. The Morgan fingerprint density at radius 1 is 1.16 bits per heavy atom. The first-order valence-electron chi connectivity index (χ1n) is 5.54. The minimum atomic E-state index is -3.66. The molecular weight excluding hydrogens is 286 g/mol. The molecule has 7 heteroatoms. The molecule has 19 heavy (non-hydrogen) atoms. The lowest BCUT2D eigenvalue weighted by atomic mass is 10.1. The van der Waals surface area contributed by atoms with Gasteiger partial charge >= 0.3 is 0 Å². The van der Waals surface area contributed by atoms with E-state index in [0.29, 0.717) is 0 Å². The van der Waals surface area contributed by atoms with Crippen molar-refractivity contribution in [2.45, 2.75) is 17.9 Å². The second-order valence-electron chi connectivity index (χ2n) is 3.94. The van der Waals surface area contributed by atoms with Crippen molar-refractivity contribution < 1.29 is 8.42 Å². The van der Waals surface area contributed by atoms with Crippen LogP contribution in [0.3, 0.4) is 0 Å². The van der Waals surface area contributed by atoms with Crippen LogP contribution in [0.2, 0.25) is 5.28 Å². The Hall–Kier alpha value is -1.50. The molecule has 1 heterocycles. The van der Waals surface area contributed by atoms with Gasteiger partial charge in [-0.2, -0.15) is 0 Å². The van der Waals surface area contributed by atoms with Gasteiger partial charge in [-0.25, -0.2) is 23.1 Å². The Balaban J connectivity index is 2.20. The van der Waals surface area contributed by atoms with Crippen LogP contribution in [0.1, 0.15) is 18.5 Å². The molecule has 1 N–H and O–H groups in total. The highest BCUT2D eigenvalue weighted by Crippen LogP contribution is 2.16. The fourth-order valence-electron chi connectivity index (χ4n) is 1.55. The van der Waals surface area contributed by atoms with Crippen molar-refractivity contribution in [3.63, 3.8) is 0 Å². The number of sulfonamides is 1. The third-order valence-electron chi connectivity index (χ3n) is 2.54. The topological polar surface area (TPSA) is 72.0 Å². The Labute approximate surface area is 116 Å². The van der Waals surface area contributed by atoms with E-state index < -0.39 is 10.0 Å². The van der Waals surface area contributed by atoms with Crippen LogP contribution in [0.5, 0.6) is 0 Å². The molecule has 0 amide bonds. The van der Waals surface area contributed by atoms with Crippen molar-refractivity contribution in [1.82, 2.24) is 14.7 Å². The van der Waals surface area contributed by atoms with Gasteiger partial charge in [0.05, 0.1) is 12.4 Å². The molecule has 0 unspecified atom stereocenters. The highest BCUT2D eigenvalue weighted by molar-refractivity contribution is 7.89. The fraction of sp³-hybridized carbons (Fsp3) is 0.167. The number of halogens is 1. The van der Waals surface area contributed by atoms with Crippen LogP contribution in [0.25, 0.3) is 0 Å². The zero-order valence-electron chi connectivity index (χ0n) is 10.1. The van der Waals surface area contributed by atoms with Crippen LogP contribution in [-0.4, -0.2) is 18.4 Å². The average Bonchev–Trinajstić information content (AvgIpc) is 2.40. The molecule has 0 radical (unpaired) electrons. The summed E-state index contributed by atoms with van der Waals surface area (Å²) < 4.78 is 26.7. The van der Waals surface area contributed by atoms with Gasteiger partial charge in [0, 0.05) is 6.04 Å². The molecule has 1 aromatic heterocycles. The zero-order valence-corrected chi connectivity index (χ0v) is 11.7. The number of benzene rings is 1. The number of hydrogen-bond donors (Lipinski definition) is 1. The number of nitrogens with zero attached hydrogens (tertiary/aromatic N) is 2. The molecular formula is C12H12ClN3O2S. The predicted octanol–water partition coefficient (Wildman–Crippen LogP) is 2.17. The Morgan fingerprint density at radius 2 is 1.74 bits per heavy atom. The molecule has 0 aliphatic rings. The van der Waals surface area contributed by atoms with Crippen molar-refractivity contribution in [3.8, 4) is 0 Å². The van der Waals surface area contributed by atoms with E-state index in [1.54, 1.807) is 6.92 Å². The SMILES string of the molecule is C[C@@H](NS(=O)(=O)c1cnc(Cl)nc1)c1ccccc1. The maximum absolute atomic E-state index is 12.1. The van der Waals surface area contributed by atoms with E-state index in [1.165, 1.54) is 12.4 Å². The summed E-state index contributed by atoms with van der Waals surface area (Å²) in [6.07, 6.45) is 2.35. The molecule has 5 nitrogen and oxygen atoms in total. The summed E-state index contributed by atoms with van der Waals surface area (Å²) in [6, 6.07) is 8.94. The first-order valence-corrected chi connectivity index (χ1v) is 7.40. The molecule has 100 valence electrons. The fourth-order valence-corrected chi connectivity index (χ4v) is 2.77. The molecule has 2 aromatic rings. The van der Waals surface area contributed by atoms with Crippen molar-refractivity contribution in [1.29, 1.82) is 0 Å². The third-order valence-corrected chi connectivity index (χ3v) is 4.23. The lowest BCUT2D eigenvalue weighted by Gasteiger charge is -2.14. The van der Waals surface area contributed by atoms with E-state index >= 15 is 0 Å². The van der Waals surface area contributed by atoms with Crippen LogP contribution in [0.4, 0.5) is 0 Å². The average molecular weight is 298 g/mol. The minimum absolute atomic E-state index is 0.00931. The van der Waals surface area contributed by atoms with E-state index in [4.69, 9.17) is 11.6 Å². The van der Waals surface area contributed by atoms with Gasteiger partial charge in [0.2, 0.25) is 15.3 Å². The third kappa shape index (κ3) is 3.50. The lowest BCUT2D eigenvalue weighted by molar-refractivity contribution is 0.566. The Bertz CT molecular complexity index is 644. The zero-order chi connectivity index (χ0) is 13.9. The van der Waals surface area contributed by atoms with E-state index in [1.807, 2.05) is 30.3 Å². The molecule has 0 aliphatic carbocycles. The van der Waals surface area contributed by atoms with Crippen LogP contribution in [-0.2, 0) is 10.0 Å². The van der Waals surface area contributed by atoms with Gasteiger partial charge < -0.3 is 0 Å². The van der Waals surface area contributed by atoms with Gasteiger partial charge in [-0.05, 0) is 24.1 Å². The maximum atomic E-state index is 12.1. The van der Waals surface area contributed by atoms with E-state index in [-0.39, 0.29) is 16.2 Å². The largest absolute Gasteiger partial charge is 0.244 e. The summed E-state index contributed by atoms with van der Waals surface area (Å²) >= 11 is 5.53. The van der Waals surface area contributed by atoms with Crippen LogP contribution in [0.15, 0.2) is 47.6 Å². The quantitative estimate of drug-likeness (QED) is 0.878. The molecule has 2 rings (SSSR count). The van der Waals surface area contributed by atoms with Gasteiger partial charge in [0.1, 0.15) is 4.90 Å². The summed E-state index contributed by atoms with van der Waals surface area (Å²) in [7, 11) is -3.66. The van der Waals surface area contributed by atoms with Crippen molar-refractivity contribution >= 4 is 21.6 Å². The van der Waals surface area contributed by atoms with Crippen LogP contribution >= 0.6 is 11.6 Å². The van der Waals surface area contributed by atoms with Gasteiger partial charge in [0.25, 0.3) is 0 Å². The van der Waals surface area contributed by atoms with Crippen molar-refractivity contribution in [3.05, 3.63) is 53.6 Å². The van der Waals surface area contributed by atoms with Gasteiger partial charge in [-0.15, -0.1) is 0 Å². The second-order valence-corrected chi connectivity index (χ2v) is 5.99. The lowest BCUT2D eigenvalue weighted by Crippen LogP contribution is -2.27. The predicted molar refractivity (Wildman–Crippen MR) is 72.2 cm³/mol. The summed E-state index contributed by atoms with van der Waals surface area (Å²) in [4.78, 5) is 7.31. The molecule has 0 spiro atoms. The molecule has 0 aliphatic heterocycles. The normalized spacial score (nSPS) is 13.2. The first kappa shape index (κ1) is 13.9. The first-order chi connectivity index (χ1) is 8.99. The molecule has 1 atom stereocenters. The minimum Gasteiger partial charge on any atom is -0.225 e. The highest BCUT2D eigenvalue weighted by atomic mass is 35.5. The Morgan fingerprint density at radius 3 is 2.32 bits per heavy atom. The number of hydrogen-bond acceptors (Lipinski definition) is 4. The monoisotopic (exact) mass is 297 g/mol. The van der Waals surface area contributed by atoms with Crippen LogP contribution < -0.4 is 4.72 Å². The molecule has 0 bridgehead atoms. The van der Waals surface area contributed by atoms with Crippen LogP contribution in [0, 0.1) is 0 Å². The highest BCUT2D eigenvalue weighted by Gasteiger charge is 2.19. The van der Waals surface area contributed by atoms with E-state index in [0.717, 1.165) is 5.56 Å². The molecule has 0 saturated carbocycles. The summed E-state index contributed by atoms with van der Waals surface area (Å²) in [5, 5.41) is 0.00931. The smallest absolute Gasteiger partial charge is 0.225 e. The number of rotatable bonds is 4. The second kappa shape index (κ2) is 5.64. The standard InChI is InChI=1S/C12H12ClN3O2S/c1-9(10-5-3-2-4-6-10)16-19(17,18)11-7-14-12(13)15-8-11/h2-9,16H,1H3/t9-/m1/s1. The molecule has 0 fully saturated rings. The maximum Gasteiger partial charge on any atom is 0.244 e. The summed E-state index contributed by atoms with van der Waals surface area (Å²) in [6.45, 7) is 1.77. The van der Waals surface area contributed by atoms with Gasteiger partial charge in [0.15, 0.2) is 0 Å². The van der Waals surface area contributed by atoms with E-state index in [9.17, 15) is 8.42 Å². The molecule has 1 aromatic carbocycles. The van der Waals surface area contributed by atoms with Gasteiger partial charge in [-0.3, -0.25) is 0 Å². The van der Waals surface area contributed by atoms with Crippen molar-refractivity contribution in [2.75, 3.05) is 0 Å².